The molecule has 1 N–H and O–H groups in total. The van der Waals surface area contributed by atoms with E-state index in [1.165, 1.54) is 25.5 Å². The van der Waals surface area contributed by atoms with Gasteiger partial charge in [0.15, 0.2) is 11.5 Å². The zero-order valence-electron chi connectivity index (χ0n) is 17.1. The fourth-order valence-electron chi connectivity index (χ4n) is 2.83. The molecule has 3 rings (SSSR count). The summed E-state index contributed by atoms with van der Waals surface area (Å²) >= 11 is 12.0. The number of alkyl halides is 3. The molecule has 0 aliphatic heterocycles. The summed E-state index contributed by atoms with van der Waals surface area (Å²) in [6.45, 7) is 0.175. The fraction of sp³-hybridized carbons (Fsp3) is 0.130. The van der Waals surface area contributed by atoms with Crippen molar-refractivity contribution in [3.8, 4) is 11.5 Å². The maximum Gasteiger partial charge on any atom is 0.417 e. The lowest BCUT2D eigenvalue weighted by Crippen LogP contribution is -2.22. The van der Waals surface area contributed by atoms with Gasteiger partial charge in [-0.1, -0.05) is 41.4 Å². The number of carbonyl (C=O) groups is 1. The van der Waals surface area contributed by atoms with Crippen molar-refractivity contribution < 1.29 is 27.4 Å². The Hall–Kier alpha value is -3.23. The van der Waals surface area contributed by atoms with E-state index < -0.39 is 23.2 Å². The smallest absolute Gasteiger partial charge is 0.417 e. The molecule has 10 heteroatoms. The van der Waals surface area contributed by atoms with E-state index in [4.69, 9.17) is 32.7 Å². The van der Waals surface area contributed by atoms with Crippen molar-refractivity contribution in [3.63, 3.8) is 0 Å². The van der Waals surface area contributed by atoms with Crippen LogP contribution < -0.4 is 14.9 Å². The molecule has 0 saturated heterocycles. The minimum atomic E-state index is -4.66. The molecular weight excluding hydrogens is 480 g/mol. The van der Waals surface area contributed by atoms with Crippen LogP contribution in [0.2, 0.25) is 10.0 Å². The van der Waals surface area contributed by atoms with Crippen LogP contribution in [0, 0.1) is 0 Å². The van der Waals surface area contributed by atoms with Gasteiger partial charge in [-0.2, -0.15) is 18.3 Å². The van der Waals surface area contributed by atoms with Crippen molar-refractivity contribution >= 4 is 35.3 Å². The van der Waals surface area contributed by atoms with Gasteiger partial charge in [-0.05, 0) is 48.0 Å². The second-order valence-electron chi connectivity index (χ2n) is 6.68. The second kappa shape index (κ2) is 10.6. The summed E-state index contributed by atoms with van der Waals surface area (Å²) in [6, 6.07) is 14.4. The lowest BCUT2D eigenvalue weighted by molar-refractivity contribution is -0.137. The molecule has 0 radical (unpaired) electrons. The monoisotopic (exact) mass is 496 g/mol. The first kappa shape index (κ1) is 24.4. The predicted molar refractivity (Wildman–Crippen MR) is 120 cm³/mol. The molecule has 0 saturated carbocycles. The van der Waals surface area contributed by atoms with E-state index in [0.717, 1.165) is 17.7 Å². The van der Waals surface area contributed by atoms with Crippen LogP contribution in [0.5, 0.6) is 11.5 Å². The number of nitrogens with one attached hydrogen (secondary N) is 1. The Morgan fingerprint density at radius 3 is 2.52 bits per heavy atom. The lowest BCUT2D eigenvalue weighted by atomic mass is 10.1. The number of nitrogens with zero attached hydrogens (tertiary/aromatic N) is 1. The summed E-state index contributed by atoms with van der Waals surface area (Å²) in [5.74, 6) is -0.160. The fourth-order valence-corrected chi connectivity index (χ4v) is 3.29. The van der Waals surface area contributed by atoms with Crippen molar-refractivity contribution in [1.29, 1.82) is 0 Å². The molecule has 172 valence electrons. The molecule has 0 unspecified atom stereocenters. The Balaban J connectivity index is 1.68. The molecule has 0 spiro atoms. The van der Waals surface area contributed by atoms with Crippen LogP contribution >= 0.6 is 23.2 Å². The highest BCUT2D eigenvalue weighted by Crippen LogP contribution is 2.32. The van der Waals surface area contributed by atoms with E-state index in [-0.39, 0.29) is 6.61 Å². The zero-order chi connectivity index (χ0) is 24.0. The first-order valence-corrected chi connectivity index (χ1v) is 10.2. The Labute approximate surface area is 197 Å². The summed E-state index contributed by atoms with van der Waals surface area (Å²) in [7, 11) is 1.45. The molecule has 0 bridgehead atoms. The van der Waals surface area contributed by atoms with E-state index in [1.807, 2.05) is 0 Å². The van der Waals surface area contributed by atoms with Gasteiger partial charge in [-0.15, -0.1) is 0 Å². The van der Waals surface area contributed by atoms with Crippen molar-refractivity contribution in [2.75, 3.05) is 7.11 Å². The first-order valence-electron chi connectivity index (χ1n) is 9.43. The van der Waals surface area contributed by atoms with Gasteiger partial charge < -0.3 is 9.47 Å². The van der Waals surface area contributed by atoms with Crippen molar-refractivity contribution in [2.45, 2.75) is 12.8 Å². The SMILES string of the molecule is COc1cc(/C=N/NC(=O)c2ccccc2C(F)(F)F)ccc1OCc1ccc(Cl)cc1Cl. The van der Waals surface area contributed by atoms with E-state index >= 15 is 0 Å². The van der Waals surface area contributed by atoms with Gasteiger partial charge in [0.2, 0.25) is 0 Å². The highest BCUT2D eigenvalue weighted by Gasteiger charge is 2.34. The Bertz CT molecular complexity index is 1180. The predicted octanol–water partition coefficient (Wildman–Crippen LogP) is 6.36. The standard InChI is InChI=1S/C23H17Cl2F3N2O3/c1-32-21-10-14(6-9-20(21)33-13-15-7-8-16(24)11-19(15)25)12-29-30-22(31)17-4-2-3-5-18(17)23(26,27)28/h2-12H,13H2,1H3,(H,30,31)/b29-12+. The number of ether oxygens (including phenoxy) is 2. The second-order valence-corrected chi connectivity index (χ2v) is 7.52. The normalized spacial score (nSPS) is 11.5. The average molecular weight is 497 g/mol. The van der Waals surface area contributed by atoms with Crippen molar-refractivity contribution in [1.82, 2.24) is 5.43 Å². The number of benzene rings is 3. The summed E-state index contributed by atoms with van der Waals surface area (Å²) in [5, 5.41) is 4.72. The Kier molecular flexibility index (Phi) is 7.84. The summed E-state index contributed by atoms with van der Waals surface area (Å²) in [6.07, 6.45) is -3.38. The minimum absolute atomic E-state index is 0.175. The van der Waals surface area contributed by atoms with Crippen molar-refractivity contribution in [3.05, 3.63) is 93.0 Å². The molecule has 1 amide bonds. The Morgan fingerprint density at radius 1 is 1.06 bits per heavy atom. The number of hydrogen-bond donors (Lipinski definition) is 1. The van der Waals surface area contributed by atoms with Gasteiger partial charge in [0.1, 0.15) is 6.61 Å². The highest BCUT2D eigenvalue weighted by molar-refractivity contribution is 6.35. The number of amides is 1. The van der Waals surface area contributed by atoms with E-state index in [1.54, 1.807) is 36.4 Å². The maximum absolute atomic E-state index is 13.1. The number of methoxy groups -OCH3 is 1. The van der Waals surface area contributed by atoms with Crippen LogP contribution in [0.15, 0.2) is 65.8 Å². The zero-order valence-corrected chi connectivity index (χ0v) is 18.6. The lowest BCUT2D eigenvalue weighted by Gasteiger charge is -2.12. The van der Waals surface area contributed by atoms with Crippen LogP contribution in [0.4, 0.5) is 13.2 Å². The molecule has 5 nitrogen and oxygen atoms in total. The largest absolute Gasteiger partial charge is 0.493 e. The molecule has 0 fully saturated rings. The number of hydrazone groups is 1. The molecule has 0 aromatic heterocycles. The first-order chi connectivity index (χ1) is 15.7. The van der Waals surface area contributed by atoms with Gasteiger partial charge >= 0.3 is 6.18 Å². The van der Waals surface area contributed by atoms with E-state index in [9.17, 15) is 18.0 Å². The van der Waals surface area contributed by atoms with Crippen LogP contribution in [0.1, 0.15) is 27.0 Å². The van der Waals surface area contributed by atoms with Gasteiger partial charge in [0.05, 0.1) is 24.5 Å². The van der Waals surface area contributed by atoms with Crippen LogP contribution in [0.3, 0.4) is 0 Å². The molecule has 0 atom stereocenters. The number of carbonyl (C=O) groups excluding carboxylic acids is 1. The molecule has 3 aromatic carbocycles. The molecule has 0 aliphatic carbocycles. The molecule has 33 heavy (non-hydrogen) atoms. The summed E-state index contributed by atoms with van der Waals surface area (Å²) in [4.78, 5) is 12.2. The highest BCUT2D eigenvalue weighted by atomic mass is 35.5. The molecule has 0 heterocycles. The van der Waals surface area contributed by atoms with Gasteiger partial charge in [-0.3, -0.25) is 4.79 Å². The van der Waals surface area contributed by atoms with Crippen molar-refractivity contribution in [2.24, 2.45) is 5.10 Å². The number of hydrogen-bond acceptors (Lipinski definition) is 4. The summed E-state index contributed by atoms with van der Waals surface area (Å²) < 4.78 is 50.3. The van der Waals surface area contributed by atoms with E-state index in [0.29, 0.717) is 27.1 Å². The van der Waals surface area contributed by atoms with Crippen LogP contribution in [0.25, 0.3) is 0 Å². The molecule has 3 aromatic rings. The number of rotatable bonds is 7. The van der Waals surface area contributed by atoms with E-state index in [2.05, 4.69) is 10.5 Å². The molecular formula is C23H17Cl2F3N2O3. The minimum Gasteiger partial charge on any atom is -0.493 e. The number of halogens is 5. The van der Waals surface area contributed by atoms with Gasteiger partial charge in [-0.25, -0.2) is 5.43 Å². The van der Waals surface area contributed by atoms with Gasteiger partial charge in [0, 0.05) is 15.6 Å². The summed E-state index contributed by atoms with van der Waals surface area (Å²) in [5.41, 5.74) is 1.79. The third-order valence-corrected chi connectivity index (χ3v) is 5.03. The average Bonchev–Trinajstić information content (AvgIpc) is 2.78. The Morgan fingerprint density at radius 2 is 1.82 bits per heavy atom. The van der Waals surface area contributed by atoms with Crippen LogP contribution in [-0.2, 0) is 12.8 Å². The maximum atomic E-state index is 13.1. The quantitative estimate of drug-likeness (QED) is 0.305. The third-order valence-electron chi connectivity index (χ3n) is 4.44. The van der Waals surface area contributed by atoms with Gasteiger partial charge in [0.25, 0.3) is 5.91 Å². The third kappa shape index (κ3) is 6.40. The van der Waals surface area contributed by atoms with Crippen LogP contribution in [-0.4, -0.2) is 19.2 Å². The molecule has 0 aliphatic rings. The topological polar surface area (TPSA) is 59.9 Å².